The standard InChI is InChI=1S/C14H21NO4/c1-14(2)11-6-13(19)12(18)5-9(11)3-4-15(14)7-10(17)8-16/h5-6,10,16-19H,3-4,7-8H2,1-2H3. The molecule has 2 rings (SSSR count). The Morgan fingerprint density at radius 2 is 1.89 bits per heavy atom. The number of phenols is 2. The topological polar surface area (TPSA) is 84.2 Å². The van der Waals surface area contributed by atoms with Crippen LogP contribution in [0.5, 0.6) is 11.5 Å². The third kappa shape index (κ3) is 2.54. The molecule has 1 aromatic carbocycles. The van der Waals surface area contributed by atoms with E-state index in [1.54, 1.807) is 12.1 Å². The average Bonchev–Trinajstić information content (AvgIpc) is 2.35. The summed E-state index contributed by atoms with van der Waals surface area (Å²) in [7, 11) is 0. The van der Waals surface area contributed by atoms with Crippen molar-refractivity contribution in [1.29, 1.82) is 0 Å². The van der Waals surface area contributed by atoms with Gasteiger partial charge in [-0.2, -0.15) is 0 Å². The zero-order valence-electron chi connectivity index (χ0n) is 11.3. The van der Waals surface area contributed by atoms with Crippen molar-refractivity contribution in [3.63, 3.8) is 0 Å². The Hall–Kier alpha value is -1.30. The second-order valence-corrected chi connectivity index (χ2v) is 5.59. The summed E-state index contributed by atoms with van der Waals surface area (Å²) in [6, 6.07) is 3.19. The minimum atomic E-state index is -0.772. The number of hydrogen-bond acceptors (Lipinski definition) is 5. The van der Waals surface area contributed by atoms with Gasteiger partial charge in [-0.15, -0.1) is 0 Å². The number of aromatic hydroxyl groups is 2. The molecule has 0 amide bonds. The first kappa shape index (κ1) is 14.1. The van der Waals surface area contributed by atoms with E-state index in [-0.39, 0.29) is 23.6 Å². The van der Waals surface area contributed by atoms with Crippen molar-refractivity contribution < 1.29 is 20.4 Å². The molecule has 19 heavy (non-hydrogen) atoms. The predicted molar refractivity (Wildman–Crippen MR) is 71.2 cm³/mol. The largest absolute Gasteiger partial charge is 0.504 e. The first-order valence-electron chi connectivity index (χ1n) is 6.45. The molecule has 106 valence electrons. The summed E-state index contributed by atoms with van der Waals surface area (Å²) in [5.74, 6) is -0.227. The lowest BCUT2D eigenvalue weighted by molar-refractivity contribution is 0.0153. The fourth-order valence-corrected chi connectivity index (χ4v) is 2.73. The molecular formula is C14H21NO4. The van der Waals surface area contributed by atoms with Gasteiger partial charge in [-0.3, -0.25) is 4.90 Å². The Morgan fingerprint density at radius 3 is 2.53 bits per heavy atom. The Balaban J connectivity index is 2.34. The highest BCUT2D eigenvalue weighted by molar-refractivity contribution is 5.49. The summed E-state index contributed by atoms with van der Waals surface area (Å²) in [6.07, 6.45) is -0.0309. The smallest absolute Gasteiger partial charge is 0.157 e. The highest BCUT2D eigenvalue weighted by atomic mass is 16.3. The zero-order chi connectivity index (χ0) is 14.2. The van der Waals surface area contributed by atoms with Gasteiger partial charge in [0.2, 0.25) is 0 Å². The van der Waals surface area contributed by atoms with E-state index in [4.69, 9.17) is 5.11 Å². The number of β-amino-alcohol motifs (C(OH)–C–C–N with tert-alkyl or cyclic N) is 1. The SMILES string of the molecule is CC1(C)c2cc(O)c(O)cc2CCN1CC(O)CO. The van der Waals surface area contributed by atoms with Gasteiger partial charge in [-0.05, 0) is 43.5 Å². The molecule has 1 aliphatic rings. The van der Waals surface area contributed by atoms with Crippen LogP contribution >= 0.6 is 0 Å². The molecule has 0 aliphatic carbocycles. The maximum Gasteiger partial charge on any atom is 0.157 e. The minimum Gasteiger partial charge on any atom is -0.504 e. The Bertz CT molecular complexity index is 473. The van der Waals surface area contributed by atoms with E-state index >= 15 is 0 Å². The van der Waals surface area contributed by atoms with Gasteiger partial charge in [0, 0.05) is 18.6 Å². The average molecular weight is 267 g/mol. The first-order valence-corrected chi connectivity index (χ1v) is 6.45. The summed E-state index contributed by atoms with van der Waals surface area (Å²) < 4.78 is 0. The zero-order valence-corrected chi connectivity index (χ0v) is 11.3. The van der Waals surface area contributed by atoms with Crippen molar-refractivity contribution in [3.05, 3.63) is 23.3 Å². The predicted octanol–water partition coefficient (Wildman–Crippen LogP) is 0.544. The monoisotopic (exact) mass is 267 g/mol. The molecule has 0 fully saturated rings. The van der Waals surface area contributed by atoms with Crippen molar-refractivity contribution >= 4 is 0 Å². The first-order chi connectivity index (χ1) is 8.86. The molecule has 0 saturated heterocycles. The van der Waals surface area contributed by atoms with E-state index in [2.05, 4.69) is 4.90 Å². The van der Waals surface area contributed by atoms with Crippen LogP contribution in [-0.2, 0) is 12.0 Å². The van der Waals surface area contributed by atoms with E-state index < -0.39 is 6.10 Å². The lowest BCUT2D eigenvalue weighted by atomic mass is 9.83. The number of rotatable bonds is 3. The number of fused-ring (bicyclic) bond motifs is 1. The van der Waals surface area contributed by atoms with Gasteiger partial charge >= 0.3 is 0 Å². The molecule has 0 aromatic heterocycles. The van der Waals surface area contributed by atoms with Gasteiger partial charge in [-0.25, -0.2) is 0 Å². The van der Waals surface area contributed by atoms with Gasteiger partial charge in [0.25, 0.3) is 0 Å². The van der Waals surface area contributed by atoms with Crippen LogP contribution in [0.15, 0.2) is 12.1 Å². The molecule has 0 radical (unpaired) electrons. The van der Waals surface area contributed by atoms with Crippen molar-refractivity contribution in [3.8, 4) is 11.5 Å². The van der Waals surface area contributed by atoms with Crippen LogP contribution < -0.4 is 0 Å². The number of phenolic OH excluding ortho intramolecular Hbond substituents is 2. The number of nitrogens with zero attached hydrogens (tertiary/aromatic N) is 1. The van der Waals surface area contributed by atoms with Gasteiger partial charge in [-0.1, -0.05) is 0 Å². The molecule has 5 heteroatoms. The van der Waals surface area contributed by atoms with Crippen LogP contribution in [0.2, 0.25) is 0 Å². The number of aliphatic hydroxyl groups excluding tert-OH is 2. The number of hydrogen-bond donors (Lipinski definition) is 4. The number of aliphatic hydroxyl groups is 2. The molecule has 1 aliphatic heterocycles. The quantitative estimate of drug-likeness (QED) is 0.601. The van der Waals surface area contributed by atoms with Crippen LogP contribution in [0.3, 0.4) is 0 Å². The third-order valence-electron chi connectivity index (χ3n) is 3.94. The lowest BCUT2D eigenvalue weighted by Gasteiger charge is -2.44. The fourth-order valence-electron chi connectivity index (χ4n) is 2.73. The van der Waals surface area contributed by atoms with E-state index in [1.165, 1.54) is 0 Å². The molecule has 0 saturated carbocycles. The molecule has 0 spiro atoms. The third-order valence-corrected chi connectivity index (χ3v) is 3.94. The normalized spacial score (nSPS) is 20.0. The van der Waals surface area contributed by atoms with Crippen LogP contribution in [0.1, 0.15) is 25.0 Å². The van der Waals surface area contributed by atoms with Gasteiger partial charge < -0.3 is 20.4 Å². The maximum atomic E-state index is 9.66. The maximum absolute atomic E-state index is 9.66. The molecule has 5 nitrogen and oxygen atoms in total. The fraction of sp³-hybridized carbons (Fsp3) is 0.571. The summed E-state index contributed by atoms with van der Waals surface area (Å²) >= 11 is 0. The minimum absolute atomic E-state index is 0.0987. The molecule has 1 aromatic rings. The second-order valence-electron chi connectivity index (χ2n) is 5.59. The van der Waals surface area contributed by atoms with Gasteiger partial charge in [0.05, 0.1) is 12.7 Å². The summed E-state index contributed by atoms with van der Waals surface area (Å²) in [4.78, 5) is 2.08. The Morgan fingerprint density at radius 1 is 1.26 bits per heavy atom. The highest BCUT2D eigenvalue weighted by Crippen LogP contribution is 2.40. The van der Waals surface area contributed by atoms with Crippen LogP contribution in [0.25, 0.3) is 0 Å². The van der Waals surface area contributed by atoms with Crippen molar-refractivity contribution in [1.82, 2.24) is 4.90 Å². The highest BCUT2D eigenvalue weighted by Gasteiger charge is 2.35. The molecule has 1 unspecified atom stereocenters. The Kier molecular flexibility index (Phi) is 3.71. The summed E-state index contributed by atoms with van der Waals surface area (Å²) in [5, 5.41) is 37.8. The molecular weight excluding hydrogens is 246 g/mol. The number of benzene rings is 1. The lowest BCUT2D eigenvalue weighted by Crippen LogP contribution is -2.50. The molecule has 0 bridgehead atoms. The van der Waals surface area contributed by atoms with Gasteiger partial charge in [0.15, 0.2) is 11.5 Å². The molecule has 4 N–H and O–H groups in total. The van der Waals surface area contributed by atoms with Crippen LogP contribution in [0, 0.1) is 0 Å². The van der Waals surface area contributed by atoms with Crippen molar-refractivity contribution in [2.75, 3.05) is 19.7 Å². The Labute approximate surface area is 112 Å². The van der Waals surface area contributed by atoms with E-state index in [9.17, 15) is 15.3 Å². The van der Waals surface area contributed by atoms with E-state index in [1.807, 2.05) is 13.8 Å². The van der Waals surface area contributed by atoms with Crippen LogP contribution in [-0.4, -0.2) is 51.1 Å². The van der Waals surface area contributed by atoms with E-state index in [0.717, 1.165) is 24.1 Å². The summed E-state index contributed by atoms with van der Waals surface area (Å²) in [5.41, 5.74) is 1.59. The van der Waals surface area contributed by atoms with E-state index in [0.29, 0.717) is 6.54 Å². The van der Waals surface area contributed by atoms with Crippen molar-refractivity contribution in [2.24, 2.45) is 0 Å². The van der Waals surface area contributed by atoms with Crippen molar-refractivity contribution in [2.45, 2.75) is 31.9 Å². The molecule has 1 heterocycles. The second kappa shape index (κ2) is 5.00. The van der Waals surface area contributed by atoms with Gasteiger partial charge in [0.1, 0.15) is 0 Å². The molecule has 1 atom stereocenters. The summed E-state index contributed by atoms with van der Waals surface area (Å²) in [6.45, 7) is 4.86. The van der Waals surface area contributed by atoms with Crippen LogP contribution in [0.4, 0.5) is 0 Å².